The molecule has 0 radical (unpaired) electrons. The molecule has 1 spiro atoms. The number of para-hydroxylation sites is 2. The molecular weight excluding hydrogens is 352 g/mol. The Balaban J connectivity index is 1.61. The van der Waals surface area contributed by atoms with Crippen molar-refractivity contribution in [3.8, 4) is 0 Å². The molecule has 0 bridgehead atoms. The fourth-order valence-corrected chi connectivity index (χ4v) is 5.91. The Hall–Kier alpha value is -3.00. The second-order valence-corrected chi connectivity index (χ2v) is 8.61. The van der Waals surface area contributed by atoms with E-state index in [2.05, 4.69) is 101 Å². The lowest BCUT2D eigenvalue weighted by Gasteiger charge is -2.54. The van der Waals surface area contributed by atoms with Crippen LogP contribution in [0.3, 0.4) is 0 Å². The van der Waals surface area contributed by atoms with Crippen molar-refractivity contribution in [2.75, 3.05) is 10.2 Å². The molecular formula is C27H26N2. The van der Waals surface area contributed by atoms with Gasteiger partial charge in [-0.3, -0.25) is 0 Å². The van der Waals surface area contributed by atoms with Gasteiger partial charge in [-0.15, -0.1) is 0 Å². The monoisotopic (exact) mass is 378 g/mol. The van der Waals surface area contributed by atoms with Crippen molar-refractivity contribution in [2.45, 2.75) is 37.3 Å². The fraction of sp³-hybridized carbons (Fsp3) is 0.259. The smallest absolute Gasteiger partial charge is 0.119 e. The summed E-state index contributed by atoms with van der Waals surface area (Å²) in [6, 6.07) is 30.9. The van der Waals surface area contributed by atoms with E-state index in [1.165, 1.54) is 53.9 Å². The van der Waals surface area contributed by atoms with Crippen LogP contribution >= 0.6 is 0 Å². The molecule has 3 aliphatic rings. The van der Waals surface area contributed by atoms with Crippen LogP contribution < -0.4 is 10.2 Å². The number of benzene rings is 3. The van der Waals surface area contributed by atoms with Crippen molar-refractivity contribution < 1.29 is 0 Å². The Morgan fingerprint density at radius 1 is 0.793 bits per heavy atom. The van der Waals surface area contributed by atoms with Crippen molar-refractivity contribution >= 4 is 17.1 Å². The minimum Gasteiger partial charge on any atom is -0.360 e. The summed E-state index contributed by atoms with van der Waals surface area (Å²) in [5, 5.41) is 4.04. The normalized spacial score (nSPS) is 27.3. The summed E-state index contributed by atoms with van der Waals surface area (Å²) in [7, 11) is 0. The molecule has 6 rings (SSSR count). The van der Waals surface area contributed by atoms with Crippen LogP contribution in [0.1, 0.15) is 42.7 Å². The third-order valence-electron chi connectivity index (χ3n) is 7.10. The number of hydrogen-bond donors (Lipinski definition) is 1. The second-order valence-electron chi connectivity index (χ2n) is 8.61. The molecule has 1 N–H and O–H groups in total. The highest BCUT2D eigenvalue weighted by Gasteiger charge is 2.56. The van der Waals surface area contributed by atoms with Gasteiger partial charge in [-0.25, -0.2) is 0 Å². The highest BCUT2D eigenvalue weighted by molar-refractivity contribution is 5.93. The van der Waals surface area contributed by atoms with Crippen molar-refractivity contribution in [3.05, 3.63) is 102 Å². The summed E-state index contributed by atoms with van der Waals surface area (Å²) in [5.41, 5.74) is 6.63. The molecule has 1 fully saturated rings. The van der Waals surface area contributed by atoms with E-state index >= 15 is 0 Å². The van der Waals surface area contributed by atoms with Crippen LogP contribution in [0, 0.1) is 5.92 Å². The van der Waals surface area contributed by atoms with Crippen molar-refractivity contribution in [2.24, 2.45) is 5.92 Å². The van der Waals surface area contributed by atoms with Crippen molar-refractivity contribution in [1.82, 2.24) is 0 Å². The van der Waals surface area contributed by atoms with Crippen molar-refractivity contribution in [1.29, 1.82) is 0 Å². The van der Waals surface area contributed by atoms with E-state index < -0.39 is 0 Å². The molecule has 3 aromatic rings. The molecule has 1 aliphatic carbocycles. The lowest BCUT2D eigenvalue weighted by Crippen LogP contribution is -2.60. The maximum absolute atomic E-state index is 4.04. The van der Waals surface area contributed by atoms with Gasteiger partial charge < -0.3 is 10.2 Å². The molecule has 3 aromatic carbocycles. The number of allylic oxidation sites excluding steroid dienone is 1. The van der Waals surface area contributed by atoms with Gasteiger partial charge in [0.15, 0.2) is 0 Å². The van der Waals surface area contributed by atoms with Gasteiger partial charge in [0.2, 0.25) is 0 Å². The molecule has 2 aliphatic heterocycles. The molecule has 0 amide bonds. The molecule has 2 heteroatoms. The fourth-order valence-electron chi connectivity index (χ4n) is 5.91. The Morgan fingerprint density at radius 3 is 2.34 bits per heavy atom. The summed E-state index contributed by atoms with van der Waals surface area (Å²) in [6.07, 6.45) is 7.58. The molecule has 0 unspecified atom stereocenters. The summed E-state index contributed by atoms with van der Waals surface area (Å²) < 4.78 is 0. The molecule has 2 nitrogen and oxygen atoms in total. The standard InChI is InChI=1S/C27H26N2/c1-3-11-20(12-4-1)22-19-26(21-13-5-2-6-14-21)29-25-17-8-7-16-24(25)28-27(29)18-10-9-15-23(22)27/h1-8,11-14,16-17,19,22-23,28H,9-10,15,18H2/t22-,23-,27+/m1/s1. The zero-order valence-electron chi connectivity index (χ0n) is 16.6. The van der Waals surface area contributed by atoms with Crippen LogP contribution in [0.2, 0.25) is 0 Å². The van der Waals surface area contributed by atoms with Gasteiger partial charge in [0.1, 0.15) is 5.66 Å². The Kier molecular flexibility index (Phi) is 3.80. The zero-order valence-corrected chi connectivity index (χ0v) is 16.6. The minimum absolute atomic E-state index is 0.0393. The van der Waals surface area contributed by atoms with Gasteiger partial charge in [-0.1, -0.05) is 85.3 Å². The number of hydrogen-bond acceptors (Lipinski definition) is 2. The Bertz CT molecular complexity index is 1060. The van der Waals surface area contributed by atoms with Crippen LogP contribution in [0.15, 0.2) is 91.0 Å². The molecule has 29 heavy (non-hydrogen) atoms. The third-order valence-corrected chi connectivity index (χ3v) is 7.10. The average Bonchev–Trinajstić information content (AvgIpc) is 3.13. The largest absolute Gasteiger partial charge is 0.360 e. The summed E-state index contributed by atoms with van der Waals surface area (Å²) in [5.74, 6) is 0.975. The van der Waals surface area contributed by atoms with E-state index in [0.717, 1.165) is 0 Å². The van der Waals surface area contributed by atoms with E-state index in [0.29, 0.717) is 11.8 Å². The number of nitrogens with one attached hydrogen (secondary N) is 1. The van der Waals surface area contributed by atoms with Gasteiger partial charge in [0, 0.05) is 17.5 Å². The van der Waals surface area contributed by atoms with E-state index in [4.69, 9.17) is 0 Å². The zero-order chi connectivity index (χ0) is 19.3. The predicted octanol–water partition coefficient (Wildman–Crippen LogP) is 6.64. The molecule has 0 saturated heterocycles. The first kappa shape index (κ1) is 16.9. The van der Waals surface area contributed by atoms with Crippen LogP contribution in [-0.2, 0) is 0 Å². The highest BCUT2D eigenvalue weighted by atomic mass is 15.4. The molecule has 3 atom stereocenters. The summed E-state index contributed by atoms with van der Waals surface area (Å²) in [6.45, 7) is 0. The van der Waals surface area contributed by atoms with Crippen LogP contribution in [0.25, 0.3) is 5.70 Å². The van der Waals surface area contributed by atoms with E-state index in [-0.39, 0.29) is 5.66 Å². The molecule has 2 heterocycles. The predicted molar refractivity (Wildman–Crippen MR) is 121 cm³/mol. The first-order valence-corrected chi connectivity index (χ1v) is 10.9. The van der Waals surface area contributed by atoms with Crippen molar-refractivity contribution in [3.63, 3.8) is 0 Å². The first-order valence-electron chi connectivity index (χ1n) is 10.9. The van der Waals surface area contributed by atoms with Crippen LogP contribution in [0.4, 0.5) is 11.4 Å². The minimum atomic E-state index is -0.0393. The van der Waals surface area contributed by atoms with E-state index in [9.17, 15) is 0 Å². The van der Waals surface area contributed by atoms with Gasteiger partial charge in [-0.2, -0.15) is 0 Å². The maximum Gasteiger partial charge on any atom is 0.119 e. The third kappa shape index (κ3) is 2.48. The maximum atomic E-state index is 4.04. The Morgan fingerprint density at radius 2 is 1.52 bits per heavy atom. The number of rotatable bonds is 2. The molecule has 0 aromatic heterocycles. The lowest BCUT2D eigenvalue weighted by molar-refractivity contribution is 0.198. The van der Waals surface area contributed by atoms with Gasteiger partial charge >= 0.3 is 0 Å². The molecule has 1 saturated carbocycles. The van der Waals surface area contributed by atoms with Crippen LogP contribution in [0.5, 0.6) is 0 Å². The summed E-state index contributed by atoms with van der Waals surface area (Å²) in [4.78, 5) is 2.64. The lowest BCUT2D eigenvalue weighted by atomic mass is 9.66. The van der Waals surface area contributed by atoms with E-state index in [1.54, 1.807) is 0 Å². The number of anilines is 2. The van der Waals surface area contributed by atoms with Gasteiger partial charge in [-0.05, 0) is 42.5 Å². The second kappa shape index (κ2) is 6.52. The van der Waals surface area contributed by atoms with Crippen LogP contribution in [-0.4, -0.2) is 5.66 Å². The quantitative estimate of drug-likeness (QED) is 0.537. The molecule has 144 valence electrons. The Labute approximate surface area is 172 Å². The number of nitrogens with zero attached hydrogens (tertiary/aromatic N) is 1. The van der Waals surface area contributed by atoms with Gasteiger partial charge in [0.05, 0.1) is 11.4 Å². The van der Waals surface area contributed by atoms with Gasteiger partial charge in [0.25, 0.3) is 0 Å². The topological polar surface area (TPSA) is 15.3 Å². The highest BCUT2D eigenvalue weighted by Crippen LogP contribution is 2.58. The first-order chi connectivity index (χ1) is 14.4. The summed E-state index contributed by atoms with van der Waals surface area (Å²) >= 11 is 0. The number of fused-ring (bicyclic) bond motifs is 2. The SMILES string of the molecule is C1=C(c2ccccc2)N2c3ccccc3N[C@@]23CCCC[C@@H]3[C@H]1c1ccccc1. The average molecular weight is 379 g/mol. The van der Waals surface area contributed by atoms with E-state index in [1.807, 2.05) is 0 Å².